The molecule has 0 bridgehead atoms. The largest absolute Gasteiger partial charge is 0.477 e. The predicted octanol–water partition coefficient (Wildman–Crippen LogP) is 3.26. The van der Waals surface area contributed by atoms with Crippen LogP contribution in [0.15, 0.2) is 48.5 Å². The highest BCUT2D eigenvalue weighted by molar-refractivity contribution is 6.35. The molecule has 0 aliphatic rings. The fraction of sp³-hybridized carbons (Fsp3) is 0.167. The Balaban J connectivity index is 1.81. The lowest BCUT2D eigenvalue weighted by molar-refractivity contribution is -0.154. The van der Waals surface area contributed by atoms with Crippen LogP contribution < -0.4 is 10.1 Å². The molecule has 1 N–H and O–H groups in total. The van der Waals surface area contributed by atoms with Crippen molar-refractivity contribution >= 4 is 41.0 Å². The third-order valence-corrected chi connectivity index (χ3v) is 3.69. The molecule has 0 spiro atoms. The van der Waals surface area contributed by atoms with Gasteiger partial charge in [0.15, 0.2) is 12.7 Å². The molecule has 0 saturated carbocycles. The molecule has 0 aromatic heterocycles. The van der Waals surface area contributed by atoms with Gasteiger partial charge < -0.3 is 9.47 Å². The van der Waals surface area contributed by atoms with Gasteiger partial charge in [-0.25, -0.2) is 4.79 Å². The van der Waals surface area contributed by atoms with Crippen molar-refractivity contribution in [2.75, 3.05) is 6.61 Å². The summed E-state index contributed by atoms with van der Waals surface area (Å²) in [7, 11) is 0. The van der Waals surface area contributed by atoms with Crippen molar-refractivity contribution in [1.82, 2.24) is 5.32 Å². The first-order chi connectivity index (χ1) is 12.4. The number of hydrogen-bond acceptors (Lipinski definition) is 5. The van der Waals surface area contributed by atoms with Crippen LogP contribution >= 0.6 is 23.2 Å². The van der Waals surface area contributed by atoms with Gasteiger partial charge in [-0.1, -0.05) is 41.4 Å². The van der Waals surface area contributed by atoms with Crippen molar-refractivity contribution in [3.8, 4) is 5.75 Å². The van der Waals surface area contributed by atoms with Gasteiger partial charge in [-0.15, -0.1) is 0 Å². The Kier molecular flexibility index (Phi) is 7.00. The molecule has 0 radical (unpaired) electrons. The first-order valence-corrected chi connectivity index (χ1v) is 8.30. The van der Waals surface area contributed by atoms with Crippen LogP contribution in [0.2, 0.25) is 10.0 Å². The molecule has 0 aliphatic heterocycles. The number of amides is 2. The highest BCUT2D eigenvalue weighted by Crippen LogP contribution is 2.28. The molecule has 2 aromatic rings. The molecule has 0 unspecified atom stereocenters. The van der Waals surface area contributed by atoms with E-state index in [2.05, 4.69) is 5.32 Å². The number of benzene rings is 2. The number of esters is 1. The maximum atomic E-state index is 11.9. The highest BCUT2D eigenvalue weighted by Gasteiger charge is 2.20. The van der Waals surface area contributed by atoms with Crippen molar-refractivity contribution in [1.29, 1.82) is 0 Å². The lowest BCUT2D eigenvalue weighted by Crippen LogP contribution is -2.36. The Bertz CT molecular complexity index is 810. The lowest BCUT2D eigenvalue weighted by atomic mass is 10.2. The van der Waals surface area contributed by atoms with Crippen molar-refractivity contribution in [3.63, 3.8) is 0 Å². The number of ether oxygens (including phenoxy) is 2. The van der Waals surface area contributed by atoms with Gasteiger partial charge in [0.2, 0.25) is 0 Å². The predicted molar refractivity (Wildman–Crippen MR) is 96.4 cm³/mol. The van der Waals surface area contributed by atoms with E-state index in [1.165, 1.54) is 19.1 Å². The molecular weight excluding hydrogens is 381 g/mol. The van der Waals surface area contributed by atoms with E-state index < -0.39 is 30.5 Å². The van der Waals surface area contributed by atoms with E-state index in [-0.39, 0.29) is 10.8 Å². The topological polar surface area (TPSA) is 81.7 Å². The van der Waals surface area contributed by atoms with Crippen molar-refractivity contribution in [2.45, 2.75) is 13.0 Å². The fourth-order valence-corrected chi connectivity index (χ4v) is 2.34. The summed E-state index contributed by atoms with van der Waals surface area (Å²) in [6.07, 6.45) is -1.01. The third kappa shape index (κ3) is 5.75. The summed E-state index contributed by atoms with van der Waals surface area (Å²) < 4.78 is 10.2. The van der Waals surface area contributed by atoms with Crippen LogP contribution in [0.25, 0.3) is 0 Å². The Hall–Kier alpha value is -2.57. The minimum Gasteiger partial charge on any atom is -0.477 e. The number of rotatable bonds is 6. The summed E-state index contributed by atoms with van der Waals surface area (Å²) >= 11 is 11.7. The molecule has 1 atom stereocenters. The minimum atomic E-state index is -1.01. The molecular formula is C18H15Cl2NO5. The molecule has 0 aliphatic carbocycles. The minimum absolute atomic E-state index is 0.239. The van der Waals surface area contributed by atoms with Crippen molar-refractivity contribution < 1.29 is 23.9 Å². The Morgan fingerprint density at radius 3 is 2.42 bits per heavy atom. The van der Waals surface area contributed by atoms with Gasteiger partial charge in [-0.3, -0.25) is 14.9 Å². The Labute approximate surface area is 160 Å². The normalized spacial score (nSPS) is 11.3. The first-order valence-electron chi connectivity index (χ1n) is 7.54. The summed E-state index contributed by atoms with van der Waals surface area (Å²) in [6.45, 7) is 0.833. The monoisotopic (exact) mass is 395 g/mol. The Morgan fingerprint density at radius 2 is 1.77 bits per heavy atom. The zero-order valence-electron chi connectivity index (χ0n) is 13.7. The number of hydrogen-bond donors (Lipinski definition) is 1. The second kappa shape index (κ2) is 9.22. The molecule has 0 saturated heterocycles. The van der Waals surface area contributed by atoms with Crippen LogP contribution in [0.4, 0.5) is 0 Å². The van der Waals surface area contributed by atoms with E-state index in [4.69, 9.17) is 32.7 Å². The van der Waals surface area contributed by atoms with Crippen molar-refractivity contribution in [3.05, 3.63) is 64.1 Å². The van der Waals surface area contributed by atoms with E-state index in [1.807, 2.05) is 0 Å². The quantitative estimate of drug-likeness (QED) is 0.759. The molecule has 2 aromatic carbocycles. The summed E-state index contributed by atoms with van der Waals surface area (Å²) in [5, 5.41) is 2.79. The molecule has 2 amide bonds. The summed E-state index contributed by atoms with van der Waals surface area (Å²) in [6, 6.07) is 12.7. The second-order valence-corrected chi connectivity index (χ2v) is 6.03. The number of halogens is 2. The first kappa shape index (κ1) is 19.8. The van der Waals surface area contributed by atoms with Crippen LogP contribution in [-0.2, 0) is 14.3 Å². The number of carbonyl (C=O) groups is 3. The number of carbonyl (C=O) groups excluding carboxylic acids is 3. The molecule has 0 heterocycles. The Morgan fingerprint density at radius 1 is 1.08 bits per heavy atom. The van der Waals surface area contributed by atoms with Gasteiger partial charge in [-0.05, 0) is 37.3 Å². The number of imide groups is 1. The van der Waals surface area contributed by atoms with E-state index in [0.29, 0.717) is 10.6 Å². The van der Waals surface area contributed by atoms with Gasteiger partial charge in [0.25, 0.3) is 11.8 Å². The highest BCUT2D eigenvalue weighted by atomic mass is 35.5. The smallest absolute Gasteiger partial charge is 0.347 e. The SMILES string of the molecule is C[C@@H](Oc1ccc(Cl)cc1Cl)C(=O)OCC(=O)NC(=O)c1ccccc1. The molecule has 6 nitrogen and oxygen atoms in total. The van der Waals surface area contributed by atoms with Crippen LogP contribution in [0.1, 0.15) is 17.3 Å². The van der Waals surface area contributed by atoms with E-state index in [0.717, 1.165) is 0 Å². The fourth-order valence-electron chi connectivity index (χ4n) is 1.89. The molecule has 26 heavy (non-hydrogen) atoms. The average molecular weight is 396 g/mol. The zero-order valence-corrected chi connectivity index (χ0v) is 15.2. The second-order valence-electron chi connectivity index (χ2n) is 5.19. The van der Waals surface area contributed by atoms with Crippen molar-refractivity contribution in [2.24, 2.45) is 0 Å². The standard InChI is InChI=1S/C18H15Cl2NO5/c1-11(26-15-8-7-13(19)9-14(15)20)18(24)25-10-16(22)21-17(23)12-5-3-2-4-6-12/h2-9,11H,10H2,1H3,(H,21,22,23)/t11-/m1/s1. The average Bonchev–Trinajstić information content (AvgIpc) is 2.62. The lowest BCUT2D eigenvalue weighted by Gasteiger charge is -2.15. The molecule has 0 fully saturated rings. The molecule has 136 valence electrons. The third-order valence-electron chi connectivity index (χ3n) is 3.16. The molecule has 8 heteroatoms. The van der Waals surface area contributed by atoms with Gasteiger partial charge in [-0.2, -0.15) is 0 Å². The van der Waals surface area contributed by atoms with Gasteiger partial charge >= 0.3 is 5.97 Å². The van der Waals surface area contributed by atoms with E-state index >= 15 is 0 Å². The van der Waals surface area contributed by atoms with Crippen LogP contribution in [0.5, 0.6) is 5.75 Å². The van der Waals surface area contributed by atoms with Crippen LogP contribution in [0.3, 0.4) is 0 Å². The van der Waals surface area contributed by atoms with E-state index in [9.17, 15) is 14.4 Å². The summed E-state index contributed by atoms with van der Waals surface area (Å²) in [4.78, 5) is 35.4. The maximum absolute atomic E-state index is 11.9. The van der Waals surface area contributed by atoms with Gasteiger partial charge in [0, 0.05) is 10.6 Å². The summed E-state index contributed by atoms with van der Waals surface area (Å²) in [5.74, 6) is -1.85. The summed E-state index contributed by atoms with van der Waals surface area (Å²) in [5.41, 5.74) is 0.321. The van der Waals surface area contributed by atoms with Crippen LogP contribution in [0, 0.1) is 0 Å². The van der Waals surface area contributed by atoms with Gasteiger partial charge in [0.1, 0.15) is 5.75 Å². The van der Waals surface area contributed by atoms with E-state index in [1.54, 1.807) is 36.4 Å². The number of nitrogens with one attached hydrogen (secondary N) is 1. The maximum Gasteiger partial charge on any atom is 0.347 e. The van der Waals surface area contributed by atoms with Gasteiger partial charge in [0.05, 0.1) is 5.02 Å². The van der Waals surface area contributed by atoms with Crippen LogP contribution in [-0.4, -0.2) is 30.5 Å². The molecule has 2 rings (SSSR count). The zero-order chi connectivity index (χ0) is 19.1.